The summed E-state index contributed by atoms with van der Waals surface area (Å²) in [7, 11) is 1.65. The fraction of sp³-hybridized carbons (Fsp3) is 0.235. The molecule has 0 saturated heterocycles. The van der Waals surface area contributed by atoms with Crippen LogP contribution in [0.25, 0.3) is 11.0 Å². The van der Waals surface area contributed by atoms with E-state index in [-0.39, 0.29) is 0 Å². The first kappa shape index (κ1) is 13.5. The number of nitrogens with zero attached hydrogens (tertiary/aromatic N) is 2. The summed E-state index contributed by atoms with van der Waals surface area (Å²) in [6.45, 7) is 2.99. The van der Waals surface area contributed by atoms with Crippen molar-refractivity contribution in [1.82, 2.24) is 9.55 Å². The lowest BCUT2D eigenvalue weighted by Gasteiger charge is -2.14. The van der Waals surface area contributed by atoms with Gasteiger partial charge in [0.2, 0.25) is 5.95 Å². The third kappa shape index (κ3) is 2.44. The quantitative estimate of drug-likeness (QED) is 0.797. The van der Waals surface area contributed by atoms with Gasteiger partial charge in [-0.2, -0.15) is 0 Å². The van der Waals surface area contributed by atoms with Crippen LogP contribution in [0.4, 0.5) is 5.95 Å². The van der Waals surface area contributed by atoms with Crippen LogP contribution >= 0.6 is 0 Å². The maximum atomic E-state index is 6.10. The van der Waals surface area contributed by atoms with Gasteiger partial charge in [-0.25, -0.2) is 4.98 Å². The Bertz CT molecular complexity index is 749. The first-order chi connectivity index (χ1) is 10.2. The molecule has 108 valence electrons. The summed E-state index contributed by atoms with van der Waals surface area (Å²) in [4.78, 5) is 4.45. The van der Waals surface area contributed by atoms with Gasteiger partial charge in [0.1, 0.15) is 11.3 Å². The van der Waals surface area contributed by atoms with E-state index in [0.717, 1.165) is 23.3 Å². The van der Waals surface area contributed by atoms with E-state index in [4.69, 9.17) is 10.5 Å². The SMILES string of the molecule is COc1cccc2c1nc(N)n2CC(C)c1ccccc1. The molecule has 0 aliphatic heterocycles. The number of ether oxygens (including phenoxy) is 1. The van der Waals surface area contributed by atoms with Crippen LogP contribution in [0, 0.1) is 0 Å². The molecule has 0 aliphatic carbocycles. The second-order valence-corrected chi connectivity index (χ2v) is 5.22. The molecule has 0 aliphatic rings. The zero-order valence-corrected chi connectivity index (χ0v) is 12.3. The van der Waals surface area contributed by atoms with Gasteiger partial charge in [0.15, 0.2) is 0 Å². The average molecular weight is 281 g/mol. The minimum absolute atomic E-state index is 0.358. The van der Waals surface area contributed by atoms with Crippen molar-refractivity contribution in [3.63, 3.8) is 0 Å². The molecule has 1 atom stereocenters. The Hall–Kier alpha value is -2.49. The van der Waals surface area contributed by atoms with E-state index in [0.29, 0.717) is 11.9 Å². The molecule has 0 amide bonds. The van der Waals surface area contributed by atoms with Crippen molar-refractivity contribution in [3.05, 3.63) is 54.1 Å². The minimum Gasteiger partial charge on any atom is -0.494 e. The zero-order chi connectivity index (χ0) is 14.8. The molecular weight excluding hydrogens is 262 g/mol. The van der Waals surface area contributed by atoms with Crippen LogP contribution in [0.3, 0.4) is 0 Å². The standard InChI is InChI=1S/C17H19N3O/c1-12(13-7-4-3-5-8-13)11-20-14-9-6-10-15(21-2)16(14)19-17(20)18/h3-10,12H,11H2,1-2H3,(H2,18,19). The first-order valence-electron chi connectivity index (χ1n) is 7.04. The molecule has 1 heterocycles. The number of imidazole rings is 1. The summed E-state index contributed by atoms with van der Waals surface area (Å²) in [5, 5.41) is 0. The highest BCUT2D eigenvalue weighted by Crippen LogP contribution is 2.28. The molecule has 21 heavy (non-hydrogen) atoms. The van der Waals surface area contributed by atoms with Crippen LogP contribution in [0.5, 0.6) is 5.75 Å². The Morgan fingerprint density at radius 1 is 1.14 bits per heavy atom. The molecule has 2 N–H and O–H groups in total. The molecule has 4 nitrogen and oxygen atoms in total. The summed E-state index contributed by atoms with van der Waals surface area (Å²) >= 11 is 0. The number of rotatable bonds is 4. The third-order valence-corrected chi connectivity index (χ3v) is 3.82. The average Bonchev–Trinajstić information content (AvgIpc) is 2.84. The number of methoxy groups -OCH3 is 1. The summed E-state index contributed by atoms with van der Waals surface area (Å²) in [5.74, 6) is 1.64. The molecule has 0 saturated carbocycles. The molecule has 1 aromatic heterocycles. The van der Waals surface area contributed by atoms with Crippen molar-refractivity contribution in [3.8, 4) is 5.75 Å². The molecule has 2 aromatic carbocycles. The number of anilines is 1. The van der Waals surface area contributed by atoms with Crippen LogP contribution < -0.4 is 10.5 Å². The molecule has 0 spiro atoms. The summed E-state index contributed by atoms with van der Waals surface area (Å²) in [6.07, 6.45) is 0. The largest absolute Gasteiger partial charge is 0.494 e. The van der Waals surface area contributed by atoms with Crippen molar-refractivity contribution in [2.45, 2.75) is 19.4 Å². The third-order valence-electron chi connectivity index (χ3n) is 3.82. The van der Waals surface area contributed by atoms with Gasteiger partial charge >= 0.3 is 0 Å². The number of aromatic nitrogens is 2. The molecule has 3 aromatic rings. The molecule has 0 bridgehead atoms. The van der Waals surface area contributed by atoms with Crippen LogP contribution in [0.1, 0.15) is 18.4 Å². The molecule has 0 fully saturated rings. The number of fused-ring (bicyclic) bond motifs is 1. The van der Waals surface area contributed by atoms with E-state index in [1.54, 1.807) is 7.11 Å². The maximum Gasteiger partial charge on any atom is 0.201 e. The second kappa shape index (κ2) is 5.48. The van der Waals surface area contributed by atoms with E-state index < -0.39 is 0 Å². The van der Waals surface area contributed by atoms with Crippen LogP contribution in [0.2, 0.25) is 0 Å². The summed E-state index contributed by atoms with van der Waals surface area (Å²) in [5.41, 5.74) is 9.22. The maximum absolute atomic E-state index is 6.10. The van der Waals surface area contributed by atoms with Crippen LogP contribution in [-0.4, -0.2) is 16.7 Å². The molecule has 0 radical (unpaired) electrons. The van der Waals surface area contributed by atoms with Crippen molar-refractivity contribution in [2.75, 3.05) is 12.8 Å². The van der Waals surface area contributed by atoms with Gasteiger partial charge in [-0.3, -0.25) is 0 Å². The van der Waals surface area contributed by atoms with Crippen molar-refractivity contribution < 1.29 is 4.74 Å². The normalized spacial score (nSPS) is 12.5. The van der Waals surface area contributed by atoms with Gasteiger partial charge in [-0.15, -0.1) is 0 Å². The fourth-order valence-electron chi connectivity index (χ4n) is 2.66. The minimum atomic E-state index is 0.358. The Morgan fingerprint density at radius 2 is 1.90 bits per heavy atom. The summed E-state index contributed by atoms with van der Waals surface area (Å²) in [6, 6.07) is 16.3. The van der Waals surface area contributed by atoms with Gasteiger partial charge < -0.3 is 15.0 Å². The number of hydrogen-bond acceptors (Lipinski definition) is 3. The van der Waals surface area contributed by atoms with Gasteiger partial charge in [-0.05, 0) is 23.6 Å². The first-order valence-corrected chi connectivity index (χ1v) is 7.04. The number of hydrogen-bond donors (Lipinski definition) is 1. The topological polar surface area (TPSA) is 53.1 Å². The Balaban J connectivity index is 1.99. The van der Waals surface area contributed by atoms with E-state index in [1.807, 2.05) is 24.3 Å². The molecule has 4 heteroatoms. The highest BCUT2D eigenvalue weighted by atomic mass is 16.5. The lowest BCUT2D eigenvalue weighted by molar-refractivity contribution is 0.419. The number of nitrogens with two attached hydrogens (primary N) is 1. The van der Waals surface area contributed by atoms with Gasteiger partial charge in [0.25, 0.3) is 0 Å². The highest BCUT2D eigenvalue weighted by molar-refractivity contribution is 5.84. The van der Waals surface area contributed by atoms with Gasteiger partial charge in [-0.1, -0.05) is 43.3 Å². The predicted molar refractivity (Wildman–Crippen MR) is 85.6 cm³/mol. The van der Waals surface area contributed by atoms with E-state index in [2.05, 4.69) is 40.7 Å². The molecular formula is C17H19N3O. The second-order valence-electron chi connectivity index (χ2n) is 5.22. The Kier molecular flexibility index (Phi) is 3.52. The van der Waals surface area contributed by atoms with Crippen molar-refractivity contribution in [1.29, 1.82) is 0 Å². The van der Waals surface area contributed by atoms with E-state index in [1.165, 1.54) is 5.56 Å². The Morgan fingerprint density at radius 3 is 2.62 bits per heavy atom. The fourth-order valence-corrected chi connectivity index (χ4v) is 2.66. The number of para-hydroxylation sites is 1. The van der Waals surface area contributed by atoms with Gasteiger partial charge in [0.05, 0.1) is 12.6 Å². The Labute approximate surface area is 124 Å². The van der Waals surface area contributed by atoms with Crippen LogP contribution in [-0.2, 0) is 6.54 Å². The zero-order valence-electron chi connectivity index (χ0n) is 12.3. The number of benzene rings is 2. The smallest absolute Gasteiger partial charge is 0.201 e. The van der Waals surface area contributed by atoms with Crippen LogP contribution in [0.15, 0.2) is 48.5 Å². The van der Waals surface area contributed by atoms with Crippen molar-refractivity contribution in [2.24, 2.45) is 0 Å². The number of nitrogen functional groups attached to an aromatic ring is 1. The summed E-state index contributed by atoms with van der Waals surface area (Å²) < 4.78 is 7.41. The predicted octanol–water partition coefficient (Wildman–Crippen LogP) is 3.43. The highest BCUT2D eigenvalue weighted by Gasteiger charge is 2.14. The van der Waals surface area contributed by atoms with E-state index in [9.17, 15) is 0 Å². The van der Waals surface area contributed by atoms with Gasteiger partial charge in [0, 0.05) is 6.54 Å². The lowest BCUT2D eigenvalue weighted by Crippen LogP contribution is -2.09. The molecule has 1 unspecified atom stereocenters. The monoisotopic (exact) mass is 281 g/mol. The molecule has 3 rings (SSSR count). The van der Waals surface area contributed by atoms with Crippen molar-refractivity contribution >= 4 is 17.0 Å². The lowest BCUT2D eigenvalue weighted by atomic mass is 10.0. The van der Waals surface area contributed by atoms with E-state index >= 15 is 0 Å².